The van der Waals surface area contributed by atoms with E-state index in [0.29, 0.717) is 0 Å². The average molecular weight is 168 g/mol. The molecule has 7 aliphatic carbocycles. The van der Waals surface area contributed by atoms with Crippen LogP contribution in [0.3, 0.4) is 0 Å². The van der Waals surface area contributed by atoms with Crippen LogP contribution in [0.2, 0.25) is 0 Å². The van der Waals surface area contributed by atoms with Gasteiger partial charge in [-0.1, -0.05) is 0 Å². The first kappa shape index (κ1) is 4.68. The minimum Gasteiger partial charge on any atom is -0.0312 e. The van der Waals surface area contributed by atoms with Crippen molar-refractivity contribution in [2.45, 2.75) is 0 Å². The van der Waals surface area contributed by atoms with Crippen LogP contribution in [0.25, 0.3) is 0 Å². The molecular weight excluding hydrogens is 156 g/mol. The average Bonchev–Trinajstić information content (AvgIpc) is 2.55. The summed E-state index contributed by atoms with van der Waals surface area (Å²) in [6, 6.07) is 0. The third-order valence-electron chi connectivity index (χ3n) is 9.08. The molecule has 7 aliphatic rings. The molecule has 7 fully saturated rings. The SMILES string of the molecule is C12C3C4C1C1C5C2C3C2C4C3C5C123. The quantitative estimate of drug-likeness (QED) is 0.481. The van der Waals surface area contributed by atoms with E-state index in [9.17, 15) is 0 Å². The predicted octanol–water partition coefficient (Wildman–Crippen LogP) is 1.48. The zero-order chi connectivity index (χ0) is 7.43. The maximum absolute atomic E-state index is 1.35. The molecule has 0 bridgehead atoms. The Morgan fingerprint density at radius 2 is 0.846 bits per heavy atom. The third kappa shape index (κ3) is 0.162. The summed E-state index contributed by atoms with van der Waals surface area (Å²) < 4.78 is 0. The molecule has 0 N–H and O–H groups in total. The molecule has 64 valence electrons. The molecule has 0 aliphatic heterocycles. The van der Waals surface area contributed by atoms with Gasteiger partial charge in [0.2, 0.25) is 0 Å². The maximum atomic E-state index is 1.35. The first-order chi connectivity index (χ1) is 6.49. The van der Waals surface area contributed by atoms with Crippen LogP contribution in [0.4, 0.5) is 0 Å². The molecule has 13 heavy (non-hydrogen) atoms. The lowest BCUT2D eigenvalue weighted by Crippen LogP contribution is -2.60. The molecule has 0 nitrogen and oxygen atoms in total. The summed E-state index contributed by atoms with van der Waals surface area (Å²) in [6.07, 6.45) is 0. The minimum absolute atomic E-state index is 1.11. The van der Waals surface area contributed by atoms with Crippen molar-refractivity contribution in [2.24, 2.45) is 76.4 Å². The standard InChI is InChI=1S/C13H12/c1-2-4-5(1)9-7-3(1)6(2)10-8(4)12-11(7)13(9,10)12/h1-12H. The van der Waals surface area contributed by atoms with E-state index in [1.807, 2.05) is 0 Å². The van der Waals surface area contributed by atoms with Gasteiger partial charge in [-0.3, -0.25) is 0 Å². The molecule has 12 atom stereocenters. The molecule has 0 aromatic rings. The smallest absolute Gasteiger partial charge is 0.0161 e. The van der Waals surface area contributed by atoms with E-state index < -0.39 is 0 Å². The van der Waals surface area contributed by atoms with Crippen molar-refractivity contribution in [1.29, 1.82) is 0 Å². The highest BCUT2D eigenvalue weighted by Crippen LogP contribution is 3.12. The molecule has 1 spiro atoms. The zero-order valence-electron chi connectivity index (χ0n) is 7.43. The number of fused-ring (bicyclic) bond motifs is 11. The molecule has 0 aromatic heterocycles. The lowest BCUT2D eigenvalue weighted by atomic mass is 9.41. The maximum Gasteiger partial charge on any atom is -0.0161 e. The molecule has 0 amide bonds. The van der Waals surface area contributed by atoms with Gasteiger partial charge < -0.3 is 0 Å². The van der Waals surface area contributed by atoms with E-state index in [1.54, 1.807) is 0 Å². The van der Waals surface area contributed by atoms with Crippen LogP contribution < -0.4 is 0 Å². The second kappa shape index (κ2) is 0.823. The van der Waals surface area contributed by atoms with Crippen molar-refractivity contribution >= 4 is 0 Å². The van der Waals surface area contributed by atoms with Gasteiger partial charge in [-0.05, 0) is 76.4 Å². The van der Waals surface area contributed by atoms with Crippen molar-refractivity contribution in [3.05, 3.63) is 0 Å². The summed E-state index contributed by atoms with van der Waals surface area (Å²) in [4.78, 5) is 0. The minimum atomic E-state index is 1.11. The summed E-state index contributed by atoms with van der Waals surface area (Å²) in [6.45, 7) is 0. The van der Waals surface area contributed by atoms with Gasteiger partial charge in [0.25, 0.3) is 0 Å². The topological polar surface area (TPSA) is 0 Å². The van der Waals surface area contributed by atoms with Crippen LogP contribution >= 0.6 is 0 Å². The molecule has 0 heteroatoms. The van der Waals surface area contributed by atoms with Crippen molar-refractivity contribution < 1.29 is 0 Å². The van der Waals surface area contributed by atoms with Gasteiger partial charge in [0.15, 0.2) is 0 Å². The fraction of sp³-hybridized carbons (Fsp3) is 1.00. The molecule has 0 heterocycles. The van der Waals surface area contributed by atoms with Gasteiger partial charge in [-0.2, -0.15) is 0 Å². The normalized spacial score (nSPS) is 114. The molecular formula is C13H12. The molecule has 0 saturated heterocycles. The lowest BCUT2D eigenvalue weighted by Gasteiger charge is -2.62. The Morgan fingerprint density at radius 3 is 1.38 bits per heavy atom. The van der Waals surface area contributed by atoms with Gasteiger partial charge in [0.1, 0.15) is 0 Å². The Morgan fingerprint density at radius 1 is 0.385 bits per heavy atom. The summed E-state index contributed by atoms with van der Waals surface area (Å²) in [5.41, 5.74) is 1.11. The van der Waals surface area contributed by atoms with E-state index in [1.165, 1.54) is 71.0 Å². The van der Waals surface area contributed by atoms with E-state index in [2.05, 4.69) is 0 Å². The number of hydrogen-bond acceptors (Lipinski definition) is 0. The van der Waals surface area contributed by atoms with Gasteiger partial charge in [-0.15, -0.1) is 0 Å². The Labute approximate surface area is 77.1 Å². The zero-order valence-corrected chi connectivity index (χ0v) is 7.43. The monoisotopic (exact) mass is 168 g/mol. The van der Waals surface area contributed by atoms with Crippen LogP contribution in [0, 0.1) is 76.4 Å². The van der Waals surface area contributed by atoms with Gasteiger partial charge in [0.05, 0.1) is 0 Å². The Bertz CT molecular complexity index is 371. The molecule has 0 aromatic carbocycles. The van der Waals surface area contributed by atoms with Crippen LogP contribution in [-0.2, 0) is 0 Å². The van der Waals surface area contributed by atoms with Crippen molar-refractivity contribution in [3.8, 4) is 0 Å². The van der Waals surface area contributed by atoms with Crippen LogP contribution in [0.1, 0.15) is 0 Å². The predicted molar refractivity (Wildman–Crippen MR) is 44.3 cm³/mol. The first-order valence-electron chi connectivity index (χ1n) is 6.49. The summed E-state index contributed by atoms with van der Waals surface area (Å²) in [5, 5.41) is 0. The Kier molecular flexibility index (Phi) is 0.296. The van der Waals surface area contributed by atoms with Crippen LogP contribution in [0.15, 0.2) is 0 Å². The van der Waals surface area contributed by atoms with Crippen molar-refractivity contribution in [2.75, 3.05) is 0 Å². The molecule has 7 rings (SSSR count). The Balaban J connectivity index is 1.76. The third-order valence-corrected chi connectivity index (χ3v) is 9.08. The van der Waals surface area contributed by atoms with E-state index >= 15 is 0 Å². The summed E-state index contributed by atoms with van der Waals surface area (Å²) in [5.74, 6) is 16.1. The second-order valence-corrected chi connectivity index (χ2v) is 7.72. The molecule has 0 radical (unpaired) electrons. The molecule has 7 saturated carbocycles. The second-order valence-electron chi connectivity index (χ2n) is 7.72. The number of rotatable bonds is 0. The van der Waals surface area contributed by atoms with Gasteiger partial charge >= 0.3 is 0 Å². The number of hydrogen-bond donors (Lipinski definition) is 0. The van der Waals surface area contributed by atoms with E-state index in [0.717, 1.165) is 5.41 Å². The van der Waals surface area contributed by atoms with Crippen LogP contribution in [0.5, 0.6) is 0 Å². The molecule has 12 unspecified atom stereocenters. The lowest BCUT2D eigenvalue weighted by molar-refractivity contribution is -0.164. The van der Waals surface area contributed by atoms with E-state index in [4.69, 9.17) is 0 Å². The Hall–Kier alpha value is 0. The highest BCUT2D eigenvalue weighted by Gasteiger charge is 3.09. The summed E-state index contributed by atoms with van der Waals surface area (Å²) >= 11 is 0. The largest absolute Gasteiger partial charge is 0.0312 e. The summed E-state index contributed by atoms with van der Waals surface area (Å²) in [7, 11) is 0. The van der Waals surface area contributed by atoms with Gasteiger partial charge in [0, 0.05) is 0 Å². The highest BCUT2D eigenvalue weighted by atomic mass is 15.1. The van der Waals surface area contributed by atoms with Crippen molar-refractivity contribution in [1.82, 2.24) is 0 Å². The first-order valence-corrected chi connectivity index (χ1v) is 6.49. The fourth-order valence-electron chi connectivity index (χ4n) is 10.0. The van der Waals surface area contributed by atoms with Gasteiger partial charge in [-0.25, -0.2) is 0 Å². The van der Waals surface area contributed by atoms with Crippen molar-refractivity contribution in [3.63, 3.8) is 0 Å². The van der Waals surface area contributed by atoms with Crippen LogP contribution in [-0.4, -0.2) is 0 Å². The highest BCUT2D eigenvalue weighted by molar-refractivity contribution is 5.55. The fourth-order valence-corrected chi connectivity index (χ4v) is 10.0. The van der Waals surface area contributed by atoms with E-state index in [-0.39, 0.29) is 0 Å².